The van der Waals surface area contributed by atoms with Gasteiger partial charge in [-0.15, -0.1) is 0 Å². The lowest BCUT2D eigenvalue weighted by atomic mass is 9.89. The van der Waals surface area contributed by atoms with Crippen molar-refractivity contribution in [3.8, 4) is 5.69 Å². The summed E-state index contributed by atoms with van der Waals surface area (Å²) in [7, 11) is -2.11. The molecule has 0 bridgehead atoms. The van der Waals surface area contributed by atoms with Gasteiger partial charge in [0.1, 0.15) is 5.82 Å². The number of imidazole rings is 1. The normalized spacial score (nSPS) is 15.4. The average molecular weight is 590 g/mol. The van der Waals surface area contributed by atoms with E-state index in [0.717, 1.165) is 30.0 Å². The van der Waals surface area contributed by atoms with E-state index in [2.05, 4.69) is 41.7 Å². The van der Waals surface area contributed by atoms with E-state index in [1.807, 2.05) is 43.3 Å². The van der Waals surface area contributed by atoms with E-state index in [9.17, 15) is 13.2 Å². The number of sulfone groups is 1. The molecule has 10 nitrogen and oxygen atoms in total. The zero-order chi connectivity index (χ0) is 30.1. The highest BCUT2D eigenvalue weighted by molar-refractivity contribution is 7.91. The molecule has 0 spiro atoms. The molecule has 42 heavy (non-hydrogen) atoms. The maximum atomic E-state index is 14.1. The molecule has 2 aromatic carbocycles. The Balaban J connectivity index is 1.48. The molecule has 1 saturated heterocycles. The highest BCUT2D eigenvalue weighted by atomic mass is 32.2. The summed E-state index contributed by atoms with van der Waals surface area (Å²) < 4.78 is 31.5. The Labute approximate surface area is 247 Å². The number of para-hydroxylation sites is 1. The van der Waals surface area contributed by atoms with E-state index >= 15 is 0 Å². The number of rotatable bonds is 7. The van der Waals surface area contributed by atoms with E-state index in [4.69, 9.17) is 5.10 Å². The summed E-state index contributed by atoms with van der Waals surface area (Å²) >= 11 is 0. The van der Waals surface area contributed by atoms with E-state index in [0.29, 0.717) is 29.9 Å². The van der Waals surface area contributed by atoms with Crippen molar-refractivity contribution in [3.05, 3.63) is 83.9 Å². The van der Waals surface area contributed by atoms with Crippen LogP contribution in [0.25, 0.3) is 5.69 Å². The first kappa shape index (κ1) is 29.5. The van der Waals surface area contributed by atoms with Gasteiger partial charge in [-0.25, -0.2) is 22.9 Å². The summed E-state index contributed by atoms with van der Waals surface area (Å²) in [6.45, 7) is 9.68. The van der Waals surface area contributed by atoms with Crippen molar-refractivity contribution in [2.45, 2.75) is 56.2 Å². The molecule has 3 heterocycles. The molecule has 1 atom stereocenters. The SMILES string of the molecule is Cc1ccc(-n2nc(C(C)(C)C)cc2NC(=O)Nc2ccccc2C(C2CCNCC2)S(=O)(=O)c2cn(C)cn2)cc1. The fraction of sp³-hybridized carbons (Fsp3) is 0.387. The van der Waals surface area contributed by atoms with Crippen LogP contribution >= 0.6 is 0 Å². The largest absolute Gasteiger partial charge is 0.339 e. The predicted octanol–water partition coefficient (Wildman–Crippen LogP) is 5.37. The number of amides is 2. The number of carbonyl (C=O) groups excluding carboxylic acids is 1. The molecule has 2 amide bonds. The number of hydrogen-bond acceptors (Lipinski definition) is 6. The summed E-state index contributed by atoms with van der Waals surface area (Å²) in [4.78, 5) is 17.7. The molecule has 11 heteroatoms. The minimum absolute atomic E-state index is 0.0319. The van der Waals surface area contributed by atoms with Gasteiger partial charge in [-0.3, -0.25) is 5.32 Å². The molecular formula is C31H39N7O3S. The Morgan fingerprint density at radius 2 is 1.74 bits per heavy atom. The number of nitrogens with one attached hydrogen (secondary N) is 3. The molecule has 3 N–H and O–H groups in total. The lowest BCUT2D eigenvalue weighted by molar-refractivity contribution is 0.262. The van der Waals surface area contributed by atoms with Crippen LogP contribution in [-0.4, -0.2) is 46.9 Å². The van der Waals surface area contributed by atoms with Crippen LogP contribution < -0.4 is 16.0 Å². The number of urea groups is 1. The molecule has 0 saturated carbocycles. The standard InChI is InChI=1S/C31H39N7O3S/c1-21-10-12-23(13-11-21)38-27(18-26(36-38)31(2,3)4)35-30(39)34-25-9-7-6-8-24(25)29(22-14-16-32-17-15-22)42(40,41)28-19-37(5)20-33-28/h6-13,18-20,22,29,32H,14-17H2,1-5H3,(H2,34,35,39). The molecule has 222 valence electrons. The van der Waals surface area contributed by atoms with Crippen molar-refractivity contribution in [2.24, 2.45) is 13.0 Å². The fourth-order valence-electron chi connectivity index (χ4n) is 5.34. The van der Waals surface area contributed by atoms with Gasteiger partial charge in [-0.05, 0) is 62.5 Å². The van der Waals surface area contributed by atoms with Crippen LogP contribution in [0, 0.1) is 12.8 Å². The minimum atomic E-state index is -3.85. The third-order valence-corrected chi connectivity index (χ3v) is 9.73. The zero-order valence-corrected chi connectivity index (χ0v) is 25.6. The molecule has 4 aromatic rings. The predicted molar refractivity (Wildman–Crippen MR) is 165 cm³/mol. The Morgan fingerprint density at radius 1 is 1.05 bits per heavy atom. The van der Waals surface area contributed by atoms with Crippen LogP contribution in [0.5, 0.6) is 0 Å². The Morgan fingerprint density at radius 3 is 2.38 bits per heavy atom. The smallest absolute Gasteiger partial charge is 0.324 e. The number of benzene rings is 2. The number of aryl methyl sites for hydroxylation is 2. The second kappa shape index (κ2) is 11.7. The lowest BCUT2D eigenvalue weighted by Crippen LogP contribution is -2.34. The molecule has 5 rings (SSSR count). The summed E-state index contributed by atoms with van der Waals surface area (Å²) in [5.41, 5.74) is 3.51. The van der Waals surface area contributed by atoms with Crippen LogP contribution in [0.2, 0.25) is 0 Å². The van der Waals surface area contributed by atoms with Crippen molar-refractivity contribution in [1.29, 1.82) is 0 Å². The molecule has 1 unspecified atom stereocenters. The van der Waals surface area contributed by atoms with Crippen LogP contribution in [0.4, 0.5) is 16.3 Å². The Bertz CT molecular complexity index is 1660. The molecule has 1 fully saturated rings. The van der Waals surface area contributed by atoms with E-state index in [1.165, 1.54) is 12.5 Å². The minimum Gasteiger partial charge on any atom is -0.339 e. The summed E-state index contributed by atoms with van der Waals surface area (Å²) in [5, 5.41) is 13.2. The number of anilines is 2. The average Bonchev–Trinajstić information content (AvgIpc) is 3.58. The van der Waals surface area contributed by atoms with E-state index < -0.39 is 21.1 Å². The van der Waals surface area contributed by atoms with Crippen molar-refractivity contribution in [2.75, 3.05) is 23.7 Å². The molecule has 0 aliphatic carbocycles. The van der Waals surface area contributed by atoms with Crippen molar-refractivity contribution in [1.82, 2.24) is 24.6 Å². The van der Waals surface area contributed by atoms with E-state index in [-0.39, 0.29) is 16.4 Å². The second-order valence-corrected chi connectivity index (χ2v) is 14.0. The second-order valence-electron chi connectivity index (χ2n) is 12.0. The van der Waals surface area contributed by atoms with Crippen molar-refractivity contribution >= 4 is 27.4 Å². The van der Waals surface area contributed by atoms with Gasteiger partial charge in [-0.2, -0.15) is 5.10 Å². The van der Waals surface area contributed by atoms with Gasteiger partial charge >= 0.3 is 6.03 Å². The van der Waals surface area contributed by atoms with Gasteiger partial charge in [0, 0.05) is 30.4 Å². The highest BCUT2D eigenvalue weighted by Crippen LogP contribution is 2.42. The third-order valence-electron chi connectivity index (χ3n) is 7.63. The summed E-state index contributed by atoms with van der Waals surface area (Å²) in [6.07, 6.45) is 4.42. The summed E-state index contributed by atoms with van der Waals surface area (Å²) in [6, 6.07) is 16.4. The molecule has 0 radical (unpaired) electrons. The first-order valence-electron chi connectivity index (χ1n) is 14.2. The van der Waals surface area contributed by atoms with Gasteiger partial charge in [-0.1, -0.05) is 56.7 Å². The number of nitrogens with zero attached hydrogens (tertiary/aromatic N) is 4. The number of carbonyl (C=O) groups is 1. The van der Waals surface area contributed by atoms with Crippen LogP contribution in [-0.2, 0) is 22.3 Å². The van der Waals surface area contributed by atoms with Crippen molar-refractivity contribution in [3.63, 3.8) is 0 Å². The van der Waals surface area contributed by atoms with Gasteiger partial charge < -0.3 is 15.2 Å². The lowest BCUT2D eigenvalue weighted by Gasteiger charge is -2.31. The van der Waals surface area contributed by atoms with Gasteiger partial charge in [0.15, 0.2) is 5.03 Å². The maximum Gasteiger partial charge on any atom is 0.324 e. The van der Waals surface area contributed by atoms with Crippen LogP contribution in [0.15, 0.2) is 72.1 Å². The van der Waals surface area contributed by atoms with Gasteiger partial charge in [0.05, 0.1) is 23.0 Å². The monoisotopic (exact) mass is 589 g/mol. The molecule has 2 aromatic heterocycles. The first-order valence-corrected chi connectivity index (χ1v) is 15.8. The van der Waals surface area contributed by atoms with Crippen LogP contribution in [0.1, 0.15) is 55.7 Å². The van der Waals surface area contributed by atoms with Gasteiger partial charge in [0.25, 0.3) is 0 Å². The highest BCUT2D eigenvalue weighted by Gasteiger charge is 2.39. The first-order chi connectivity index (χ1) is 19.9. The topological polar surface area (TPSA) is 123 Å². The fourth-order valence-corrected chi connectivity index (χ4v) is 7.42. The Hall–Kier alpha value is -3.96. The molecule has 1 aliphatic heterocycles. The molecule has 1 aliphatic rings. The molecular weight excluding hydrogens is 550 g/mol. The van der Waals surface area contributed by atoms with E-state index in [1.54, 1.807) is 34.5 Å². The van der Waals surface area contributed by atoms with Crippen LogP contribution in [0.3, 0.4) is 0 Å². The maximum absolute atomic E-state index is 14.1. The summed E-state index contributed by atoms with van der Waals surface area (Å²) in [5.74, 6) is 0.372. The Kier molecular flexibility index (Phi) is 8.25. The quantitative estimate of drug-likeness (QED) is 0.266. The number of hydrogen-bond donors (Lipinski definition) is 3. The zero-order valence-electron chi connectivity index (χ0n) is 24.8. The number of aromatic nitrogens is 4. The number of piperidine rings is 1. The van der Waals surface area contributed by atoms with Gasteiger partial charge in [0.2, 0.25) is 9.84 Å². The third kappa shape index (κ3) is 6.27. The van der Waals surface area contributed by atoms with Crippen molar-refractivity contribution < 1.29 is 13.2 Å².